The second-order valence-corrected chi connectivity index (χ2v) is 8.35. The third-order valence-electron chi connectivity index (χ3n) is 5.34. The Hall–Kier alpha value is -2.74. The number of carbonyl (C=O) groups is 1. The van der Waals surface area contributed by atoms with Crippen molar-refractivity contribution < 1.29 is 13.6 Å². The van der Waals surface area contributed by atoms with Gasteiger partial charge in [0, 0.05) is 13.1 Å². The van der Waals surface area contributed by atoms with Gasteiger partial charge in [-0.2, -0.15) is 0 Å². The van der Waals surface area contributed by atoms with Crippen LogP contribution in [0.2, 0.25) is 0 Å². The minimum absolute atomic E-state index is 0.0744. The molecule has 1 aromatic heterocycles. The number of carbonyl (C=O) groups excluding carboxylic acids is 1. The maximum absolute atomic E-state index is 14.3. The molecule has 1 heterocycles. The summed E-state index contributed by atoms with van der Waals surface area (Å²) in [5.41, 5.74) is 1.28. The summed E-state index contributed by atoms with van der Waals surface area (Å²) >= 11 is 1.30. The van der Waals surface area contributed by atoms with Gasteiger partial charge in [-0.15, -0.1) is 10.2 Å². The second-order valence-electron chi connectivity index (χ2n) is 7.41. The minimum Gasteiger partial charge on any atom is -0.338 e. The van der Waals surface area contributed by atoms with Gasteiger partial charge in [0.25, 0.3) is 0 Å². The first-order chi connectivity index (χ1) is 14.5. The van der Waals surface area contributed by atoms with Crippen LogP contribution in [0.1, 0.15) is 37.4 Å². The predicted molar refractivity (Wildman–Crippen MR) is 112 cm³/mol. The lowest BCUT2D eigenvalue weighted by molar-refractivity contribution is -0.128. The number of aromatic nitrogens is 3. The number of halogens is 2. The monoisotopic (exact) mass is 428 g/mol. The topological polar surface area (TPSA) is 51.0 Å². The van der Waals surface area contributed by atoms with Crippen molar-refractivity contribution in [3.63, 3.8) is 0 Å². The fraction of sp³-hybridized carbons (Fsp3) is 0.318. The minimum atomic E-state index is -0.340. The summed E-state index contributed by atoms with van der Waals surface area (Å²) in [6.45, 7) is 1.90. The first-order valence-corrected chi connectivity index (χ1v) is 10.8. The molecule has 4 rings (SSSR count). The molecule has 0 radical (unpaired) electrons. The Bertz CT molecular complexity index is 1050. The van der Waals surface area contributed by atoms with Gasteiger partial charge in [0.1, 0.15) is 11.6 Å². The molecule has 0 saturated heterocycles. The van der Waals surface area contributed by atoms with E-state index in [4.69, 9.17) is 0 Å². The number of thioether (sulfide) groups is 1. The molecule has 0 aliphatic heterocycles. The highest BCUT2D eigenvalue weighted by Gasteiger charge is 2.31. The van der Waals surface area contributed by atoms with Crippen LogP contribution in [0.5, 0.6) is 0 Å². The van der Waals surface area contributed by atoms with Gasteiger partial charge in [-0.25, -0.2) is 8.78 Å². The smallest absolute Gasteiger partial charge is 0.233 e. The lowest BCUT2D eigenvalue weighted by atomic mass is 10.1. The molecule has 3 aromatic rings. The second kappa shape index (κ2) is 8.55. The first-order valence-electron chi connectivity index (χ1n) is 9.79. The first kappa shape index (κ1) is 20.5. The molecule has 1 aliphatic rings. The maximum Gasteiger partial charge on any atom is 0.233 e. The summed E-state index contributed by atoms with van der Waals surface area (Å²) in [5, 5.41) is 9.07. The number of benzene rings is 2. The third-order valence-corrected chi connectivity index (χ3v) is 6.27. The Kier molecular flexibility index (Phi) is 5.85. The molecule has 8 heteroatoms. The lowest BCUT2D eigenvalue weighted by Crippen LogP contribution is -2.31. The van der Waals surface area contributed by atoms with Gasteiger partial charge < -0.3 is 4.90 Å². The average molecular weight is 429 g/mol. The van der Waals surface area contributed by atoms with E-state index in [2.05, 4.69) is 10.2 Å². The Morgan fingerprint density at radius 1 is 1.17 bits per heavy atom. The van der Waals surface area contributed by atoms with Crippen LogP contribution in [0.3, 0.4) is 0 Å². The van der Waals surface area contributed by atoms with E-state index in [0.717, 1.165) is 18.4 Å². The van der Waals surface area contributed by atoms with E-state index in [1.165, 1.54) is 30.0 Å². The number of hydrogen-bond donors (Lipinski definition) is 0. The highest BCUT2D eigenvalue weighted by molar-refractivity contribution is 7.99. The van der Waals surface area contributed by atoms with E-state index < -0.39 is 0 Å². The molecule has 1 atom stereocenters. The molecule has 1 fully saturated rings. The Morgan fingerprint density at radius 3 is 2.53 bits per heavy atom. The normalized spacial score (nSPS) is 14.5. The quantitative estimate of drug-likeness (QED) is 0.504. The van der Waals surface area contributed by atoms with Crippen molar-refractivity contribution >= 4 is 17.7 Å². The molecule has 2 aromatic carbocycles. The molecule has 156 valence electrons. The van der Waals surface area contributed by atoms with E-state index in [1.54, 1.807) is 42.3 Å². The summed E-state index contributed by atoms with van der Waals surface area (Å²) in [4.78, 5) is 14.4. The Balaban J connectivity index is 1.48. The molecule has 30 heavy (non-hydrogen) atoms. The van der Waals surface area contributed by atoms with Crippen LogP contribution in [0.25, 0.3) is 11.4 Å². The largest absolute Gasteiger partial charge is 0.338 e. The highest BCUT2D eigenvalue weighted by Crippen LogP contribution is 2.41. The number of amides is 1. The molecule has 5 nitrogen and oxygen atoms in total. The Morgan fingerprint density at radius 2 is 1.87 bits per heavy atom. The van der Waals surface area contributed by atoms with Gasteiger partial charge in [-0.3, -0.25) is 9.36 Å². The average Bonchev–Trinajstić information content (AvgIpc) is 3.51. The van der Waals surface area contributed by atoms with Crippen LogP contribution in [0, 0.1) is 11.6 Å². The zero-order chi connectivity index (χ0) is 21.3. The third kappa shape index (κ3) is 4.23. The van der Waals surface area contributed by atoms with E-state index >= 15 is 0 Å². The van der Waals surface area contributed by atoms with E-state index in [-0.39, 0.29) is 35.4 Å². The lowest BCUT2D eigenvalue weighted by Gasteiger charge is -2.25. The molecular weight excluding hydrogens is 406 g/mol. The molecule has 1 saturated carbocycles. The maximum atomic E-state index is 14.3. The van der Waals surface area contributed by atoms with E-state index in [1.807, 2.05) is 11.5 Å². The fourth-order valence-corrected chi connectivity index (χ4v) is 4.20. The van der Waals surface area contributed by atoms with Gasteiger partial charge in [-0.05, 0) is 49.6 Å². The summed E-state index contributed by atoms with van der Waals surface area (Å²) in [6.07, 6.45) is 1.98. The van der Waals surface area contributed by atoms with Gasteiger partial charge in [0.2, 0.25) is 5.91 Å². The molecule has 0 N–H and O–H groups in total. The van der Waals surface area contributed by atoms with Crippen LogP contribution < -0.4 is 0 Å². The molecule has 0 spiro atoms. The standard InChI is InChI=1S/C22H22F2N4OS/c1-14(15-7-9-16(23)10-8-15)27(2)20(29)13-30-22-26-25-21(28(22)17-11-12-17)18-5-3-4-6-19(18)24/h3-10,14,17H,11-13H2,1-2H3. The van der Waals surface area contributed by atoms with E-state index in [9.17, 15) is 13.6 Å². The van der Waals surface area contributed by atoms with Crippen LogP contribution in [0.4, 0.5) is 8.78 Å². The van der Waals surface area contributed by atoms with Crippen LogP contribution in [-0.2, 0) is 4.79 Å². The van der Waals surface area contributed by atoms with Crippen molar-refractivity contribution in [1.82, 2.24) is 19.7 Å². The molecule has 1 aliphatic carbocycles. The molecular formula is C22H22F2N4OS. The fourth-order valence-electron chi connectivity index (χ4n) is 3.27. The van der Waals surface area contributed by atoms with Gasteiger partial charge >= 0.3 is 0 Å². The summed E-state index contributed by atoms with van der Waals surface area (Å²) in [5.74, 6) is -0.0366. The van der Waals surface area contributed by atoms with Crippen molar-refractivity contribution in [2.75, 3.05) is 12.8 Å². The number of hydrogen-bond acceptors (Lipinski definition) is 4. The number of rotatable bonds is 7. The predicted octanol–water partition coefficient (Wildman–Crippen LogP) is 4.87. The van der Waals surface area contributed by atoms with Gasteiger partial charge in [0.15, 0.2) is 11.0 Å². The van der Waals surface area contributed by atoms with Gasteiger partial charge in [0.05, 0.1) is 17.4 Å². The summed E-state index contributed by atoms with van der Waals surface area (Å²) < 4.78 is 29.4. The zero-order valence-corrected chi connectivity index (χ0v) is 17.6. The van der Waals surface area contributed by atoms with Crippen molar-refractivity contribution in [2.45, 2.75) is 37.0 Å². The van der Waals surface area contributed by atoms with Crippen molar-refractivity contribution in [3.8, 4) is 11.4 Å². The summed E-state index contributed by atoms with van der Waals surface area (Å²) in [7, 11) is 1.73. The molecule has 1 amide bonds. The van der Waals surface area contributed by atoms with E-state index in [0.29, 0.717) is 16.5 Å². The molecule has 0 bridgehead atoms. The van der Waals surface area contributed by atoms with Crippen molar-refractivity contribution in [3.05, 3.63) is 65.7 Å². The van der Waals surface area contributed by atoms with Gasteiger partial charge in [-0.1, -0.05) is 36.0 Å². The van der Waals surface area contributed by atoms with Crippen LogP contribution >= 0.6 is 11.8 Å². The number of nitrogens with zero attached hydrogens (tertiary/aromatic N) is 4. The Labute approximate surface area is 178 Å². The summed E-state index contributed by atoms with van der Waals surface area (Å²) in [6, 6.07) is 12.7. The van der Waals surface area contributed by atoms with Crippen LogP contribution in [0.15, 0.2) is 53.7 Å². The molecule has 1 unspecified atom stereocenters. The SMILES string of the molecule is CC(c1ccc(F)cc1)N(C)C(=O)CSc1nnc(-c2ccccc2F)n1C1CC1. The zero-order valence-electron chi connectivity index (χ0n) is 16.8. The highest BCUT2D eigenvalue weighted by atomic mass is 32.2. The van der Waals surface area contributed by atoms with Crippen LogP contribution in [-0.4, -0.2) is 38.4 Å². The van der Waals surface area contributed by atoms with Crippen molar-refractivity contribution in [2.24, 2.45) is 0 Å². The van der Waals surface area contributed by atoms with Crippen molar-refractivity contribution in [1.29, 1.82) is 0 Å².